The summed E-state index contributed by atoms with van der Waals surface area (Å²) < 4.78 is 0. The molecule has 0 radical (unpaired) electrons. The first-order valence-electron chi connectivity index (χ1n) is 4.62. The van der Waals surface area contributed by atoms with Crippen LogP contribution in [0, 0.1) is 0 Å². The monoisotopic (exact) mass is 182 g/mol. The molecule has 0 aromatic rings. The number of amides is 2. The molecule has 0 bridgehead atoms. The van der Waals surface area contributed by atoms with Gasteiger partial charge in [-0.2, -0.15) is 0 Å². The highest BCUT2D eigenvalue weighted by Gasteiger charge is 2.50. The number of nitrogens with zero attached hydrogens (tertiary/aromatic N) is 2. The molecule has 2 heterocycles. The van der Waals surface area contributed by atoms with Gasteiger partial charge in [-0.05, 0) is 19.8 Å². The predicted molar refractivity (Wildman–Crippen MR) is 47.0 cm³/mol. The van der Waals surface area contributed by atoms with Gasteiger partial charge in [0.15, 0.2) is 0 Å². The van der Waals surface area contributed by atoms with Crippen molar-refractivity contribution < 1.29 is 9.59 Å². The van der Waals surface area contributed by atoms with Crippen molar-refractivity contribution in [3.63, 3.8) is 0 Å². The molecule has 1 atom stereocenters. The van der Waals surface area contributed by atoms with Gasteiger partial charge in [-0.25, -0.2) is 0 Å². The highest BCUT2D eigenvalue weighted by atomic mass is 16.2. The minimum absolute atomic E-state index is 0.0853. The molecule has 13 heavy (non-hydrogen) atoms. The Morgan fingerprint density at radius 2 is 2.08 bits per heavy atom. The summed E-state index contributed by atoms with van der Waals surface area (Å²) in [6, 6.07) is 0. The molecule has 4 nitrogen and oxygen atoms in total. The van der Waals surface area contributed by atoms with Crippen LogP contribution in [0.2, 0.25) is 0 Å². The van der Waals surface area contributed by atoms with Crippen LogP contribution in [0.4, 0.5) is 0 Å². The fraction of sp³-hybridized carbons (Fsp3) is 0.778. The van der Waals surface area contributed by atoms with E-state index in [1.807, 2.05) is 6.92 Å². The third kappa shape index (κ3) is 0.975. The number of hydrogen-bond acceptors (Lipinski definition) is 2. The smallest absolute Gasteiger partial charge is 0.248 e. The van der Waals surface area contributed by atoms with E-state index in [0.717, 1.165) is 19.4 Å². The van der Waals surface area contributed by atoms with E-state index < -0.39 is 5.54 Å². The second-order valence-corrected chi connectivity index (χ2v) is 4.08. The minimum Gasteiger partial charge on any atom is -0.334 e. The molecule has 2 aliphatic heterocycles. The lowest BCUT2D eigenvalue weighted by atomic mass is 9.95. The minimum atomic E-state index is -0.538. The SMILES string of the molecule is CN1CC(=O)N2CCCC2(C)C1=O. The summed E-state index contributed by atoms with van der Waals surface area (Å²) in [5, 5.41) is 0. The van der Waals surface area contributed by atoms with Gasteiger partial charge in [0.25, 0.3) is 0 Å². The Kier molecular flexibility index (Phi) is 1.62. The highest BCUT2D eigenvalue weighted by molar-refractivity contribution is 5.98. The third-order valence-corrected chi connectivity index (χ3v) is 3.12. The number of carbonyl (C=O) groups excluding carboxylic acids is 2. The third-order valence-electron chi connectivity index (χ3n) is 3.12. The molecule has 0 spiro atoms. The Bertz CT molecular complexity index is 277. The largest absolute Gasteiger partial charge is 0.334 e. The van der Waals surface area contributed by atoms with Gasteiger partial charge in [0, 0.05) is 13.6 Å². The van der Waals surface area contributed by atoms with Gasteiger partial charge in [0.05, 0.1) is 6.54 Å². The van der Waals surface area contributed by atoms with Crippen LogP contribution < -0.4 is 0 Å². The Morgan fingerprint density at radius 1 is 1.38 bits per heavy atom. The van der Waals surface area contributed by atoms with E-state index in [0.29, 0.717) is 0 Å². The summed E-state index contributed by atoms with van der Waals surface area (Å²) in [5.74, 6) is 0.173. The van der Waals surface area contributed by atoms with Gasteiger partial charge < -0.3 is 9.80 Å². The van der Waals surface area contributed by atoms with Crippen molar-refractivity contribution in [2.45, 2.75) is 25.3 Å². The standard InChI is InChI=1S/C9H14N2O2/c1-9-4-3-5-11(9)7(12)6-10(2)8(9)13/h3-6H2,1-2H3. The quantitative estimate of drug-likeness (QED) is 0.522. The van der Waals surface area contributed by atoms with Crippen molar-refractivity contribution in [1.29, 1.82) is 0 Å². The molecule has 0 aromatic carbocycles. The van der Waals surface area contributed by atoms with Crippen molar-refractivity contribution >= 4 is 11.8 Å². The summed E-state index contributed by atoms with van der Waals surface area (Å²) in [5.41, 5.74) is -0.538. The van der Waals surface area contributed by atoms with Crippen molar-refractivity contribution in [2.75, 3.05) is 20.1 Å². The topological polar surface area (TPSA) is 40.6 Å². The zero-order valence-corrected chi connectivity index (χ0v) is 8.04. The van der Waals surface area contributed by atoms with Gasteiger partial charge in [0.1, 0.15) is 5.54 Å². The van der Waals surface area contributed by atoms with Crippen LogP contribution in [0.1, 0.15) is 19.8 Å². The Balaban J connectivity index is 2.36. The van der Waals surface area contributed by atoms with Gasteiger partial charge in [-0.15, -0.1) is 0 Å². The lowest BCUT2D eigenvalue weighted by molar-refractivity contribution is -0.159. The van der Waals surface area contributed by atoms with Crippen LogP contribution in [-0.2, 0) is 9.59 Å². The number of hydrogen-bond donors (Lipinski definition) is 0. The lowest BCUT2D eigenvalue weighted by Gasteiger charge is -2.41. The van der Waals surface area contributed by atoms with Crippen LogP contribution in [0.25, 0.3) is 0 Å². The fourth-order valence-electron chi connectivity index (χ4n) is 2.36. The van der Waals surface area contributed by atoms with Gasteiger partial charge in [0.2, 0.25) is 11.8 Å². The van der Waals surface area contributed by atoms with Gasteiger partial charge in [-0.1, -0.05) is 0 Å². The summed E-state index contributed by atoms with van der Waals surface area (Å²) in [7, 11) is 1.70. The van der Waals surface area contributed by atoms with E-state index in [-0.39, 0.29) is 18.4 Å². The first kappa shape index (κ1) is 8.53. The zero-order chi connectivity index (χ0) is 9.64. The highest BCUT2D eigenvalue weighted by Crippen LogP contribution is 2.33. The summed E-state index contributed by atoms with van der Waals surface area (Å²) in [6.07, 6.45) is 1.75. The molecule has 72 valence electrons. The Labute approximate surface area is 77.5 Å². The summed E-state index contributed by atoms with van der Waals surface area (Å²) in [4.78, 5) is 26.6. The summed E-state index contributed by atoms with van der Waals surface area (Å²) >= 11 is 0. The molecule has 2 saturated heterocycles. The normalized spacial score (nSPS) is 34.0. The average Bonchev–Trinajstić information content (AvgIpc) is 2.45. The van der Waals surface area contributed by atoms with Crippen LogP contribution in [-0.4, -0.2) is 47.3 Å². The second-order valence-electron chi connectivity index (χ2n) is 4.08. The number of piperazine rings is 1. The number of rotatable bonds is 0. The van der Waals surface area contributed by atoms with Crippen molar-refractivity contribution in [3.8, 4) is 0 Å². The van der Waals surface area contributed by atoms with E-state index in [4.69, 9.17) is 0 Å². The van der Waals surface area contributed by atoms with Crippen LogP contribution in [0.15, 0.2) is 0 Å². The molecule has 2 rings (SSSR count). The van der Waals surface area contributed by atoms with Crippen molar-refractivity contribution in [2.24, 2.45) is 0 Å². The molecule has 2 fully saturated rings. The number of likely N-dealkylation sites (N-methyl/N-ethyl adjacent to an activating group) is 1. The molecule has 0 aliphatic carbocycles. The van der Waals surface area contributed by atoms with Crippen molar-refractivity contribution in [3.05, 3.63) is 0 Å². The van der Waals surface area contributed by atoms with E-state index in [1.54, 1.807) is 11.9 Å². The number of fused-ring (bicyclic) bond motifs is 1. The summed E-state index contributed by atoms with van der Waals surface area (Å²) in [6.45, 7) is 2.86. The maximum absolute atomic E-state index is 11.8. The molecular weight excluding hydrogens is 168 g/mol. The Morgan fingerprint density at radius 3 is 2.77 bits per heavy atom. The van der Waals surface area contributed by atoms with Gasteiger partial charge >= 0.3 is 0 Å². The molecule has 2 amide bonds. The number of carbonyl (C=O) groups is 2. The molecular formula is C9H14N2O2. The molecule has 0 saturated carbocycles. The van der Waals surface area contributed by atoms with Crippen LogP contribution in [0.3, 0.4) is 0 Å². The lowest BCUT2D eigenvalue weighted by Crippen LogP contribution is -2.63. The van der Waals surface area contributed by atoms with Crippen LogP contribution >= 0.6 is 0 Å². The molecule has 0 aromatic heterocycles. The van der Waals surface area contributed by atoms with E-state index >= 15 is 0 Å². The second kappa shape index (κ2) is 2.47. The van der Waals surface area contributed by atoms with E-state index in [2.05, 4.69) is 0 Å². The van der Waals surface area contributed by atoms with E-state index in [9.17, 15) is 9.59 Å². The maximum atomic E-state index is 11.8. The average molecular weight is 182 g/mol. The maximum Gasteiger partial charge on any atom is 0.248 e. The molecule has 1 unspecified atom stereocenters. The Hall–Kier alpha value is -1.06. The fourth-order valence-corrected chi connectivity index (χ4v) is 2.36. The van der Waals surface area contributed by atoms with Crippen LogP contribution in [0.5, 0.6) is 0 Å². The first-order chi connectivity index (χ1) is 6.05. The zero-order valence-electron chi connectivity index (χ0n) is 8.04. The predicted octanol–water partition coefficient (Wildman–Crippen LogP) is -0.161. The first-order valence-corrected chi connectivity index (χ1v) is 4.62. The molecule has 4 heteroatoms. The van der Waals surface area contributed by atoms with Gasteiger partial charge in [-0.3, -0.25) is 9.59 Å². The van der Waals surface area contributed by atoms with Crippen molar-refractivity contribution in [1.82, 2.24) is 9.80 Å². The molecule has 0 N–H and O–H groups in total. The molecule has 2 aliphatic rings. The van der Waals surface area contributed by atoms with E-state index in [1.165, 1.54) is 4.90 Å².